The van der Waals surface area contributed by atoms with Crippen LogP contribution in [-0.4, -0.2) is 20.9 Å². The number of aromatic nitrogens is 3. The predicted molar refractivity (Wildman–Crippen MR) is 96.8 cm³/mol. The van der Waals surface area contributed by atoms with Gasteiger partial charge < -0.3 is 10.4 Å². The third-order valence-corrected chi connectivity index (χ3v) is 4.82. The Morgan fingerprint density at radius 1 is 1.20 bits per heavy atom. The van der Waals surface area contributed by atoms with E-state index >= 15 is 0 Å². The van der Waals surface area contributed by atoms with Crippen molar-refractivity contribution in [3.63, 3.8) is 0 Å². The maximum Gasteiger partial charge on any atom is 0.325 e. The number of rotatable bonds is 3. The number of hydrogen-bond donors (Lipinski definition) is 3. The summed E-state index contributed by atoms with van der Waals surface area (Å²) >= 11 is 1.49. The Morgan fingerprint density at radius 2 is 1.96 bits per heavy atom. The van der Waals surface area contributed by atoms with Crippen molar-refractivity contribution in [2.75, 3.05) is 11.1 Å². The van der Waals surface area contributed by atoms with Crippen LogP contribution < -0.4 is 15.6 Å². The Bertz CT molecular complexity index is 985. The molecule has 7 heteroatoms. The zero-order valence-electron chi connectivity index (χ0n) is 13.6. The molecule has 0 bridgehead atoms. The lowest BCUT2D eigenvalue weighted by Gasteiger charge is -2.22. The summed E-state index contributed by atoms with van der Waals surface area (Å²) in [6.45, 7) is 2.01. The quantitative estimate of drug-likeness (QED) is 0.498. The second-order valence-electron chi connectivity index (χ2n) is 5.67. The van der Waals surface area contributed by atoms with Gasteiger partial charge in [0.05, 0.1) is 11.3 Å². The minimum absolute atomic E-state index is 0.163. The number of hydrogen-bond acceptors (Lipinski definition) is 5. The highest BCUT2D eigenvalue weighted by molar-refractivity contribution is 7.99. The molecular formula is C18H17N4O2S+. The van der Waals surface area contributed by atoms with E-state index in [-0.39, 0.29) is 17.5 Å². The molecule has 0 unspecified atom stereocenters. The van der Waals surface area contributed by atoms with Crippen molar-refractivity contribution < 1.29 is 9.79 Å². The first-order valence-corrected chi connectivity index (χ1v) is 8.99. The minimum atomic E-state index is -0.330. The number of phenols is 1. The number of thioether (sulfide) groups is 1. The molecule has 3 aromatic rings. The molecule has 0 radical (unpaired) electrons. The fourth-order valence-corrected chi connectivity index (χ4v) is 3.56. The van der Waals surface area contributed by atoms with E-state index in [9.17, 15) is 9.90 Å². The largest absolute Gasteiger partial charge is 0.508 e. The number of phenolic OH excluding ortho intramolecular Hbond substituents is 1. The van der Waals surface area contributed by atoms with Gasteiger partial charge in [-0.2, -0.15) is 0 Å². The minimum Gasteiger partial charge on any atom is -0.508 e. The van der Waals surface area contributed by atoms with Crippen LogP contribution in [0.2, 0.25) is 0 Å². The van der Waals surface area contributed by atoms with Crippen LogP contribution in [-0.2, 0) is 0 Å². The Labute approximate surface area is 148 Å². The van der Waals surface area contributed by atoms with Gasteiger partial charge >= 0.3 is 11.3 Å². The zero-order chi connectivity index (χ0) is 17.4. The van der Waals surface area contributed by atoms with E-state index < -0.39 is 0 Å². The van der Waals surface area contributed by atoms with Gasteiger partial charge in [0.2, 0.25) is 5.16 Å². The van der Waals surface area contributed by atoms with Gasteiger partial charge in [0.1, 0.15) is 5.75 Å². The molecule has 0 fully saturated rings. The molecule has 0 aliphatic carbocycles. The molecule has 0 spiro atoms. The lowest BCUT2D eigenvalue weighted by Crippen LogP contribution is -2.55. The highest BCUT2D eigenvalue weighted by Gasteiger charge is 2.37. The monoisotopic (exact) mass is 353 g/mol. The molecule has 126 valence electrons. The first-order valence-electron chi connectivity index (χ1n) is 8.01. The van der Waals surface area contributed by atoms with E-state index in [2.05, 4.69) is 15.4 Å². The van der Waals surface area contributed by atoms with Crippen molar-refractivity contribution in [3.8, 4) is 17.0 Å². The van der Waals surface area contributed by atoms with Crippen LogP contribution in [0.4, 0.5) is 5.69 Å². The predicted octanol–water partition coefficient (Wildman–Crippen LogP) is 2.51. The van der Waals surface area contributed by atoms with Crippen molar-refractivity contribution in [2.24, 2.45) is 0 Å². The molecular weight excluding hydrogens is 336 g/mol. The Morgan fingerprint density at radius 3 is 2.72 bits per heavy atom. The topological polar surface area (TPSA) is 81.9 Å². The second kappa shape index (κ2) is 6.25. The number of benzene rings is 2. The molecule has 4 rings (SSSR count). The first kappa shape index (κ1) is 15.7. The number of nitrogens with zero attached hydrogens (tertiary/aromatic N) is 2. The number of nitrogens with one attached hydrogen (secondary N) is 2. The molecule has 2 heterocycles. The SMILES string of the molecule is CCSc1n[n+]2c(c(=O)[nH]1)-c1ccccc1N[C@H]2c1ccc(O)cc1. The standard InChI is InChI=1S/C18H16N4O2S/c1-2-25-18-20-17(24)15-13-5-3-4-6-14(13)19-16(22(15)21-18)11-7-9-12(23)10-8-11/h3-10,16H,2H2,1H3,(H2,20,21,23,24)/p+1/t16-/m1/s1. The fourth-order valence-electron chi connectivity index (χ4n) is 2.97. The molecule has 0 saturated carbocycles. The molecule has 0 amide bonds. The summed E-state index contributed by atoms with van der Waals surface area (Å²) in [6, 6.07) is 14.6. The van der Waals surface area contributed by atoms with Crippen LogP contribution in [0.15, 0.2) is 58.5 Å². The van der Waals surface area contributed by atoms with E-state index in [0.29, 0.717) is 10.9 Å². The van der Waals surface area contributed by atoms with Crippen LogP contribution >= 0.6 is 11.8 Å². The third-order valence-electron chi connectivity index (χ3n) is 4.07. The second-order valence-corrected chi connectivity index (χ2v) is 6.92. The van der Waals surface area contributed by atoms with E-state index in [4.69, 9.17) is 0 Å². The van der Waals surface area contributed by atoms with Gasteiger partial charge in [0.15, 0.2) is 0 Å². The molecule has 1 atom stereocenters. The van der Waals surface area contributed by atoms with Crippen molar-refractivity contribution in [1.82, 2.24) is 10.1 Å². The summed E-state index contributed by atoms with van der Waals surface area (Å²) in [7, 11) is 0. The third kappa shape index (κ3) is 2.76. The maximum absolute atomic E-state index is 12.8. The highest BCUT2D eigenvalue weighted by Crippen LogP contribution is 2.31. The normalized spacial score (nSPS) is 15.2. The number of aromatic hydroxyl groups is 1. The lowest BCUT2D eigenvalue weighted by atomic mass is 10.0. The van der Waals surface area contributed by atoms with Crippen LogP contribution in [0.25, 0.3) is 11.3 Å². The maximum atomic E-state index is 12.8. The van der Waals surface area contributed by atoms with Crippen LogP contribution in [0.1, 0.15) is 18.7 Å². The zero-order valence-corrected chi connectivity index (χ0v) is 14.4. The molecule has 0 saturated heterocycles. The summed E-state index contributed by atoms with van der Waals surface area (Å²) in [4.78, 5) is 15.6. The van der Waals surface area contributed by atoms with Crippen molar-refractivity contribution in [2.45, 2.75) is 18.2 Å². The van der Waals surface area contributed by atoms with Crippen LogP contribution in [0.3, 0.4) is 0 Å². The van der Waals surface area contributed by atoms with Crippen molar-refractivity contribution in [3.05, 3.63) is 64.4 Å². The summed E-state index contributed by atoms with van der Waals surface area (Å²) in [6.07, 6.45) is -0.330. The Kier molecular flexibility index (Phi) is 3.93. The number of anilines is 1. The molecule has 1 aliphatic heterocycles. The smallest absolute Gasteiger partial charge is 0.325 e. The van der Waals surface area contributed by atoms with E-state index in [1.54, 1.807) is 16.8 Å². The van der Waals surface area contributed by atoms with E-state index in [1.807, 2.05) is 43.3 Å². The summed E-state index contributed by atoms with van der Waals surface area (Å²) < 4.78 is 1.73. The van der Waals surface area contributed by atoms with E-state index in [1.165, 1.54) is 11.8 Å². The molecule has 1 aliphatic rings. The van der Waals surface area contributed by atoms with Gasteiger partial charge in [-0.3, -0.25) is 9.78 Å². The molecule has 25 heavy (non-hydrogen) atoms. The van der Waals surface area contributed by atoms with Crippen LogP contribution in [0, 0.1) is 0 Å². The van der Waals surface area contributed by atoms with E-state index in [0.717, 1.165) is 22.6 Å². The first-order chi connectivity index (χ1) is 12.2. The summed E-state index contributed by atoms with van der Waals surface area (Å²) in [5.41, 5.74) is 2.96. The molecule has 6 nitrogen and oxygen atoms in total. The summed E-state index contributed by atoms with van der Waals surface area (Å²) in [5.74, 6) is 1.02. The molecule has 1 aromatic heterocycles. The van der Waals surface area contributed by atoms with Crippen molar-refractivity contribution >= 4 is 17.4 Å². The van der Waals surface area contributed by atoms with Crippen LogP contribution in [0.5, 0.6) is 5.75 Å². The average Bonchev–Trinajstić information content (AvgIpc) is 2.62. The summed E-state index contributed by atoms with van der Waals surface area (Å²) in [5, 5.41) is 18.2. The number of aromatic amines is 1. The van der Waals surface area contributed by atoms with Gasteiger partial charge in [0.25, 0.3) is 6.17 Å². The van der Waals surface area contributed by atoms with Gasteiger partial charge in [-0.15, -0.1) is 0 Å². The Hall–Kier alpha value is -2.80. The van der Waals surface area contributed by atoms with Gasteiger partial charge in [-0.25, -0.2) is 0 Å². The number of fused-ring (bicyclic) bond motifs is 3. The highest BCUT2D eigenvalue weighted by atomic mass is 32.2. The Balaban J connectivity index is 1.95. The molecule has 2 aromatic carbocycles. The number of para-hydroxylation sites is 1. The lowest BCUT2D eigenvalue weighted by molar-refractivity contribution is -0.759. The molecule has 3 N–H and O–H groups in total. The fraction of sp³-hybridized carbons (Fsp3) is 0.167. The van der Waals surface area contributed by atoms with Gasteiger partial charge in [-0.1, -0.05) is 30.8 Å². The van der Waals surface area contributed by atoms with Gasteiger partial charge in [0, 0.05) is 10.7 Å². The number of H-pyrrole nitrogens is 1. The average molecular weight is 353 g/mol. The van der Waals surface area contributed by atoms with Crippen molar-refractivity contribution in [1.29, 1.82) is 0 Å². The van der Waals surface area contributed by atoms with Gasteiger partial charge in [-0.05, 0) is 46.8 Å².